The molecular formula is C12H25N3O. The molecule has 16 heavy (non-hydrogen) atoms. The molecule has 1 fully saturated rings. The Morgan fingerprint density at radius 1 is 1.62 bits per heavy atom. The fraction of sp³-hybridized carbons (Fsp3) is 0.917. The fourth-order valence-corrected chi connectivity index (χ4v) is 2.39. The van der Waals surface area contributed by atoms with Crippen molar-refractivity contribution in [3.8, 4) is 0 Å². The highest BCUT2D eigenvalue weighted by Crippen LogP contribution is 2.11. The lowest BCUT2D eigenvalue weighted by Crippen LogP contribution is -2.40. The highest BCUT2D eigenvalue weighted by atomic mass is 16.1. The van der Waals surface area contributed by atoms with Crippen LogP contribution in [0.25, 0.3) is 0 Å². The zero-order chi connectivity index (χ0) is 12.0. The van der Waals surface area contributed by atoms with Gasteiger partial charge in [0.2, 0.25) is 5.91 Å². The summed E-state index contributed by atoms with van der Waals surface area (Å²) in [6, 6.07) is 0. The quantitative estimate of drug-likeness (QED) is 0.710. The Labute approximate surface area is 98.8 Å². The zero-order valence-electron chi connectivity index (χ0n) is 10.8. The van der Waals surface area contributed by atoms with Crippen LogP contribution in [0.1, 0.15) is 19.8 Å². The molecule has 1 heterocycles. The second-order valence-electron chi connectivity index (χ2n) is 4.95. The molecule has 94 valence electrons. The fourth-order valence-electron chi connectivity index (χ4n) is 2.39. The number of hydrogen-bond acceptors (Lipinski definition) is 3. The van der Waals surface area contributed by atoms with Gasteiger partial charge in [0, 0.05) is 26.1 Å². The second-order valence-corrected chi connectivity index (χ2v) is 4.95. The summed E-state index contributed by atoms with van der Waals surface area (Å²) in [6.45, 7) is 6.20. The Balaban J connectivity index is 2.23. The summed E-state index contributed by atoms with van der Waals surface area (Å²) in [4.78, 5) is 13.7. The van der Waals surface area contributed by atoms with Crippen LogP contribution in [0, 0.1) is 11.8 Å². The summed E-state index contributed by atoms with van der Waals surface area (Å²) in [5.74, 6) is 0.954. The first kappa shape index (κ1) is 13.5. The molecule has 0 aromatic rings. The second kappa shape index (κ2) is 6.86. The Kier molecular flexibility index (Phi) is 5.77. The van der Waals surface area contributed by atoms with Crippen molar-refractivity contribution >= 4 is 5.91 Å². The minimum Gasteiger partial charge on any atom is -0.359 e. The van der Waals surface area contributed by atoms with Crippen LogP contribution in [0.4, 0.5) is 0 Å². The molecule has 2 unspecified atom stereocenters. The molecule has 2 atom stereocenters. The largest absolute Gasteiger partial charge is 0.359 e. The first-order chi connectivity index (χ1) is 7.63. The molecule has 1 aliphatic heterocycles. The van der Waals surface area contributed by atoms with E-state index in [9.17, 15) is 4.79 Å². The molecule has 0 aromatic heterocycles. The van der Waals surface area contributed by atoms with Crippen molar-refractivity contribution < 1.29 is 4.79 Å². The smallest absolute Gasteiger partial charge is 0.223 e. The third-order valence-corrected chi connectivity index (χ3v) is 3.25. The SMILES string of the molecule is CNC(=O)C(C)CN(C)CC1CCCNC1. The van der Waals surface area contributed by atoms with Gasteiger partial charge in [0.1, 0.15) is 0 Å². The number of nitrogens with zero attached hydrogens (tertiary/aromatic N) is 1. The summed E-state index contributed by atoms with van der Waals surface area (Å²) >= 11 is 0. The topological polar surface area (TPSA) is 44.4 Å². The Bertz CT molecular complexity index is 214. The first-order valence-electron chi connectivity index (χ1n) is 6.24. The number of amides is 1. The Morgan fingerprint density at radius 3 is 2.94 bits per heavy atom. The minimum absolute atomic E-state index is 0.0755. The van der Waals surface area contributed by atoms with Gasteiger partial charge in [-0.05, 0) is 38.9 Å². The normalized spacial score (nSPS) is 23.1. The monoisotopic (exact) mass is 227 g/mol. The molecule has 2 N–H and O–H groups in total. The molecule has 0 spiro atoms. The van der Waals surface area contributed by atoms with Gasteiger partial charge in [-0.2, -0.15) is 0 Å². The molecular weight excluding hydrogens is 202 g/mol. The molecule has 4 nitrogen and oxygen atoms in total. The average Bonchev–Trinajstić information content (AvgIpc) is 2.29. The van der Waals surface area contributed by atoms with Crippen LogP contribution < -0.4 is 10.6 Å². The maximum Gasteiger partial charge on any atom is 0.223 e. The maximum absolute atomic E-state index is 11.4. The van der Waals surface area contributed by atoms with Crippen LogP contribution in [-0.2, 0) is 4.79 Å². The maximum atomic E-state index is 11.4. The third kappa shape index (κ3) is 4.49. The zero-order valence-corrected chi connectivity index (χ0v) is 10.8. The van der Waals surface area contributed by atoms with E-state index in [0.29, 0.717) is 0 Å². The molecule has 0 radical (unpaired) electrons. The molecule has 0 saturated carbocycles. The van der Waals surface area contributed by atoms with Crippen LogP contribution in [0.2, 0.25) is 0 Å². The van der Waals surface area contributed by atoms with Crippen molar-refractivity contribution in [2.45, 2.75) is 19.8 Å². The van der Waals surface area contributed by atoms with E-state index < -0.39 is 0 Å². The van der Waals surface area contributed by atoms with Gasteiger partial charge in [-0.1, -0.05) is 6.92 Å². The predicted molar refractivity (Wildman–Crippen MR) is 66.3 cm³/mol. The molecule has 1 amide bonds. The van der Waals surface area contributed by atoms with Crippen LogP contribution >= 0.6 is 0 Å². The van der Waals surface area contributed by atoms with E-state index in [1.165, 1.54) is 12.8 Å². The minimum atomic E-state index is 0.0755. The van der Waals surface area contributed by atoms with E-state index in [-0.39, 0.29) is 11.8 Å². The van der Waals surface area contributed by atoms with E-state index >= 15 is 0 Å². The van der Waals surface area contributed by atoms with Crippen LogP contribution in [-0.4, -0.2) is 51.1 Å². The molecule has 4 heteroatoms. The molecule has 0 bridgehead atoms. The van der Waals surface area contributed by atoms with Gasteiger partial charge in [0.15, 0.2) is 0 Å². The number of carbonyl (C=O) groups is 1. The van der Waals surface area contributed by atoms with Crippen LogP contribution in [0.3, 0.4) is 0 Å². The highest BCUT2D eigenvalue weighted by Gasteiger charge is 2.18. The summed E-state index contributed by atoms with van der Waals surface area (Å²) in [6.07, 6.45) is 2.59. The van der Waals surface area contributed by atoms with Crippen LogP contribution in [0.15, 0.2) is 0 Å². The van der Waals surface area contributed by atoms with Crippen molar-refractivity contribution in [3.05, 3.63) is 0 Å². The van der Waals surface area contributed by atoms with E-state index in [2.05, 4.69) is 22.6 Å². The number of carbonyl (C=O) groups excluding carboxylic acids is 1. The molecule has 1 saturated heterocycles. The van der Waals surface area contributed by atoms with Gasteiger partial charge in [-0.25, -0.2) is 0 Å². The lowest BCUT2D eigenvalue weighted by molar-refractivity contribution is -0.124. The molecule has 0 aromatic carbocycles. The molecule has 1 rings (SSSR count). The predicted octanol–water partition coefficient (Wildman–Crippen LogP) is 0.300. The van der Waals surface area contributed by atoms with Crippen LogP contribution in [0.5, 0.6) is 0 Å². The van der Waals surface area contributed by atoms with E-state index in [0.717, 1.165) is 32.1 Å². The summed E-state index contributed by atoms with van der Waals surface area (Å²) < 4.78 is 0. The van der Waals surface area contributed by atoms with Gasteiger partial charge >= 0.3 is 0 Å². The highest BCUT2D eigenvalue weighted by molar-refractivity contribution is 5.78. The number of hydrogen-bond donors (Lipinski definition) is 2. The summed E-state index contributed by atoms with van der Waals surface area (Å²) in [5, 5.41) is 6.12. The van der Waals surface area contributed by atoms with Gasteiger partial charge in [0.25, 0.3) is 0 Å². The van der Waals surface area contributed by atoms with E-state index in [4.69, 9.17) is 0 Å². The van der Waals surface area contributed by atoms with Crippen molar-refractivity contribution in [1.29, 1.82) is 0 Å². The van der Waals surface area contributed by atoms with Crippen molar-refractivity contribution in [3.63, 3.8) is 0 Å². The Morgan fingerprint density at radius 2 is 2.38 bits per heavy atom. The first-order valence-corrected chi connectivity index (χ1v) is 6.24. The number of rotatable bonds is 5. The molecule has 1 aliphatic rings. The van der Waals surface area contributed by atoms with Gasteiger partial charge < -0.3 is 15.5 Å². The van der Waals surface area contributed by atoms with Crippen molar-refractivity contribution in [2.75, 3.05) is 40.3 Å². The van der Waals surface area contributed by atoms with Crippen molar-refractivity contribution in [2.24, 2.45) is 11.8 Å². The third-order valence-electron chi connectivity index (χ3n) is 3.25. The van der Waals surface area contributed by atoms with E-state index in [1.807, 2.05) is 6.92 Å². The lowest BCUT2D eigenvalue weighted by Gasteiger charge is -2.28. The number of nitrogens with one attached hydrogen (secondary N) is 2. The summed E-state index contributed by atoms with van der Waals surface area (Å²) in [7, 11) is 3.80. The van der Waals surface area contributed by atoms with Gasteiger partial charge in [-0.3, -0.25) is 4.79 Å². The van der Waals surface area contributed by atoms with Crippen molar-refractivity contribution in [1.82, 2.24) is 15.5 Å². The average molecular weight is 227 g/mol. The van der Waals surface area contributed by atoms with Gasteiger partial charge in [-0.15, -0.1) is 0 Å². The number of piperidine rings is 1. The molecule has 0 aliphatic carbocycles. The standard InChI is InChI=1S/C12H25N3O/c1-10(12(16)13-2)8-15(3)9-11-5-4-6-14-7-11/h10-11,14H,4-9H2,1-3H3,(H,13,16). The lowest BCUT2D eigenvalue weighted by atomic mass is 9.99. The van der Waals surface area contributed by atoms with Gasteiger partial charge in [0.05, 0.1) is 0 Å². The summed E-state index contributed by atoms with van der Waals surface area (Å²) in [5.41, 5.74) is 0. The van der Waals surface area contributed by atoms with E-state index in [1.54, 1.807) is 7.05 Å². The Hall–Kier alpha value is -0.610.